The minimum Gasteiger partial charge on any atom is -0.481 e. The molecule has 82 valence electrons. The molecule has 15 heavy (non-hydrogen) atoms. The standard InChI is InChI=1S/C11H15NO2S/c1-2-9-12-8(7-15-9)11(10(13)14)5-3-4-6-11/h7H,2-6H2,1H3,(H,13,14). The summed E-state index contributed by atoms with van der Waals surface area (Å²) in [6.07, 6.45) is 4.39. The van der Waals surface area contributed by atoms with Gasteiger partial charge in [-0.25, -0.2) is 4.98 Å². The first-order chi connectivity index (χ1) is 7.19. The van der Waals surface area contributed by atoms with Gasteiger partial charge < -0.3 is 5.11 Å². The van der Waals surface area contributed by atoms with Crippen molar-refractivity contribution >= 4 is 17.3 Å². The number of hydrogen-bond donors (Lipinski definition) is 1. The molecule has 1 aliphatic carbocycles. The van der Waals surface area contributed by atoms with Crippen LogP contribution in [0.1, 0.15) is 43.3 Å². The third kappa shape index (κ3) is 1.67. The molecule has 0 aromatic carbocycles. The summed E-state index contributed by atoms with van der Waals surface area (Å²) in [6.45, 7) is 2.05. The number of aliphatic carboxylic acids is 1. The monoisotopic (exact) mass is 225 g/mol. The molecular formula is C11H15NO2S. The summed E-state index contributed by atoms with van der Waals surface area (Å²) in [5, 5.41) is 12.3. The van der Waals surface area contributed by atoms with Gasteiger partial charge in [-0.15, -0.1) is 11.3 Å². The average molecular weight is 225 g/mol. The number of carboxylic acid groups (broad SMARTS) is 1. The van der Waals surface area contributed by atoms with Gasteiger partial charge in [0.1, 0.15) is 5.41 Å². The first-order valence-corrected chi connectivity index (χ1v) is 6.25. The van der Waals surface area contributed by atoms with E-state index in [2.05, 4.69) is 4.98 Å². The predicted octanol–water partition coefficient (Wildman–Crippen LogP) is 2.60. The molecule has 0 aliphatic heterocycles. The van der Waals surface area contributed by atoms with E-state index in [1.165, 1.54) is 0 Å². The summed E-state index contributed by atoms with van der Waals surface area (Å²) in [5.41, 5.74) is 0.110. The summed E-state index contributed by atoms with van der Waals surface area (Å²) in [6, 6.07) is 0. The highest BCUT2D eigenvalue weighted by Gasteiger charge is 2.44. The summed E-state index contributed by atoms with van der Waals surface area (Å²) in [5.74, 6) is -0.701. The molecule has 1 aromatic rings. The summed E-state index contributed by atoms with van der Waals surface area (Å²) in [7, 11) is 0. The van der Waals surface area contributed by atoms with Crippen molar-refractivity contribution < 1.29 is 9.90 Å². The highest BCUT2D eigenvalue weighted by molar-refractivity contribution is 7.09. The third-order valence-corrected chi connectivity index (χ3v) is 4.20. The minimum atomic E-state index is -0.701. The van der Waals surface area contributed by atoms with Crippen LogP contribution in [0.4, 0.5) is 0 Å². The number of rotatable bonds is 3. The number of carboxylic acids is 1. The van der Waals surface area contributed by atoms with Gasteiger partial charge in [-0.1, -0.05) is 19.8 Å². The molecule has 0 saturated heterocycles. The van der Waals surface area contributed by atoms with E-state index in [0.717, 1.165) is 42.8 Å². The molecule has 0 radical (unpaired) electrons. The molecule has 1 heterocycles. The first-order valence-electron chi connectivity index (χ1n) is 5.37. The Hall–Kier alpha value is -0.900. The lowest BCUT2D eigenvalue weighted by molar-refractivity contribution is -0.143. The zero-order chi connectivity index (χ0) is 10.9. The Kier molecular flexibility index (Phi) is 2.78. The fraction of sp³-hybridized carbons (Fsp3) is 0.636. The van der Waals surface area contributed by atoms with Gasteiger partial charge in [-0.3, -0.25) is 4.79 Å². The van der Waals surface area contributed by atoms with Gasteiger partial charge in [-0.05, 0) is 19.3 Å². The smallest absolute Gasteiger partial charge is 0.315 e. The summed E-state index contributed by atoms with van der Waals surface area (Å²) >= 11 is 1.58. The minimum absolute atomic E-state index is 0.677. The molecule has 4 heteroatoms. The molecule has 0 bridgehead atoms. The Balaban J connectivity index is 2.36. The maximum atomic E-state index is 11.4. The predicted molar refractivity (Wildman–Crippen MR) is 59.3 cm³/mol. The van der Waals surface area contributed by atoms with E-state index in [0.29, 0.717) is 0 Å². The zero-order valence-electron chi connectivity index (χ0n) is 8.82. The SMILES string of the molecule is CCc1nc(C2(C(=O)O)CCCC2)cs1. The summed E-state index contributed by atoms with van der Waals surface area (Å²) < 4.78 is 0. The van der Waals surface area contributed by atoms with Crippen molar-refractivity contribution in [2.24, 2.45) is 0 Å². The van der Waals surface area contributed by atoms with Gasteiger partial charge in [0.05, 0.1) is 10.7 Å². The molecule has 0 spiro atoms. The molecule has 1 saturated carbocycles. The Labute approximate surface area is 93.2 Å². The van der Waals surface area contributed by atoms with Crippen LogP contribution in [0.2, 0.25) is 0 Å². The van der Waals surface area contributed by atoms with E-state index >= 15 is 0 Å². The highest BCUT2D eigenvalue weighted by atomic mass is 32.1. The lowest BCUT2D eigenvalue weighted by Gasteiger charge is -2.21. The van der Waals surface area contributed by atoms with E-state index in [9.17, 15) is 9.90 Å². The van der Waals surface area contributed by atoms with Crippen molar-refractivity contribution in [1.29, 1.82) is 0 Å². The summed E-state index contributed by atoms with van der Waals surface area (Å²) in [4.78, 5) is 15.8. The Morgan fingerprint density at radius 3 is 2.73 bits per heavy atom. The van der Waals surface area contributed by atoms with Crippen molar-refractivity contribution in [2.75, 3.05) is 0 Å². The van der Waals surface area contributed by atoms with Gasteiger partial charge >= 0.3 is 5.97 Å². The number of thiazole rings is 1. The van der Waals surface area contributed by atoms with Crippen LogP contribution in [0, 0.1) is 0 Å². The molecule has 2 rings (SSSR count). The molecule has 0 amide bonds. The Bertz CT molecular complexity index is 366. The number of aryl methyl sites for hydroxylation is 1. The molecule has 1 aliphatic rings. The molecular weight excluding hydrogens is 210 g/mol. The van der Waals surface area contributed by atoms with Crippen LogP contribution in [0.15, 0.2) is 5.38 Å². The topological polar surface area (TPSA) is 50.2 Å². The average Bonchev–Trinajstić information content (AvgIpc) is 2.87. The number of aromatic nitrogens is 1. The Morgan fingerprint density at radius 1 is 1.60 bits per heavy atom. The molecule has 1 aromatic heterocycles. The maximum absolute atomic E-state index is 11.4. The van der Waals surface area contributed by atoms with Gasteiger partial charge in [0.2, 0.25) is 0 Å². The van der Waals surface area contributed by atoms with Crippen LogP contribution < -0.4 is 0 Å². The maximum Gasteiger partial charge on any atom is 0.315 e. The number of nitrogens with zero attached hydrogens (tertiary/aromatic N) is 1. The lowest BCUT2D eigenvalue weighted by atomic mass is 9.83. The van der Waals surface area contributed by atoms with Gasteiger partial charge in [0, 0.05) is 5.38 Å². The van der Waals surface area contributed by atoms with Crippen molar-refractivity contribution in [1.82, 2.24) is 4.98 Å². The Morgan fingerprint density at radius 2 is 2.27 bits per heavy atom. The normalized spacial score (nSPS) is 19.3. The van der Waals surface area contributed by atoms with Crippen molar-refractivity contribution in [3.05, 3.63) is 16.1 Å². The van der Waals surface area contributed by atoms with Crippen molar-refractivity contribution in [3.63, 3.8) is 0 Å². The van der Waals surface area contributed by atoms with E-state index in [-0.39, 0.29) is 0 Å². The molecule has 0 unspecified atom stereocenters. The lowest BCUT2D eigenvalue weighted by Crippen LogP contribution is -2.32. The van der Waals surface area contributed by atoms with Crippen LogP contribution >= 0.6 is 11.3 Å². The quantitative estimate of drug-likeness (QED) is 0.860. The van der Waals surface area contributed by atoms with Gasteiger partial charge in [0.25, 0.3) is 0 Å². The largest absolute Gasteiger partial charge is 0.481 e. The van der Waals surface area contributed by atoms with E-state index in [1.807, 2.05) is 12.3 Å². The fourth-order valence-electron chi connectivity index (χ4n) is 2.25. The van der Waals surface area contributed by atoms with Crippen LogP contribution in [0.25, 0.3) is 0 Å². The van der Waals surface area contributed by atoms with Crippen LogP contribution in [-0.2, 0) is 16.6 Å². The zero-order valence-corrected chi connectivity index (χ0v) is 9.64. The number of hydrogen-bond acceptors (Lipinski definition) is 3. The van der Waals surface area contributed by atoms with Crippen LogP contribution in [-0.4, -0.2) is 16.1 Å². The van der Waals surface area contributed by atoms with Gasteiger partial charge in [0.15, 0.2) is 0 Å². The third-order valence-electron chi connectivity index (χ3n) is 3.21. The molecule has 1 fully saturated rings. The first kappa shape index (κ1) is 10.6. The highest BCUT2D eigenvalue weighted by Crippen LogP contribution is 2.41. The van der Waals surface area contributed by atoms with Crippen molar-refractivity contribution in [3.8, 4) is 0 Å². The van der Waals surface area contributed by atoms with E-state index in [1.54, 1.807) is 11.3 Å². The fourth-order valence-corrected chi connectivity index (χ4v) is 3.09. The second-order valence-electron chi connectivity index (χ2n) is 4.07. The van der Waals surface area contributed by atoms with E-state index < -0.39 is 11.4 Å². The second kappa shape index (κ2) is 3.93. The van der Waals surface area contributed by atoms with Crippen LogP contribution in [0.5, 0.6) is 0 Å². The van der Waals surface area contributed by atoms with E-state index in [4.69, 9.17) is 0 Å². The molecule has 3 nitrogen and oxygen atoms in total. The van der Waals surface area contributed by atoms with Gasteiger partial charge in [-0.2, -0.15) is 0 Å². The molecule has 0 atom stereocenters. The number of carbonyl (C=O) groups is 1. The van der Waals surface area contributed by atoms with Crippen LogP contribution in [0.3, 0.4) is 0 Å². The molecule has 1 N–H and O–H groups in total. The second-order valence-corrected chi connectivity index (χ2v) is 5.02. The van der Waals surface area contributed by atoms with Crippen molar-refractivity contribution in [2.45, 2.75) is 44.4 Å².